The van der Waals surface area contributed by atoms with E-state index in [0.717, 1.165) is 10.1 Å². The number of imidazole rings is 1. The lowest BCUT2D eigenvalue weighted by Gasteiger charge is -2.12. The number of amides is 1. The van der Waals surface area contributed by atoms with Gasteiger partial charge >= 0.3 is 0 Å². The molecule has 0 atom stereocenters. The second kappa shape index (κ2) is 8.57. The van der Waals surface area contributed by atoms with Gasteiger partial charge in [0.05, 0.1) is 0 Å². The molecule has 0 bridgehead atoms. The summed E-state index contributed by atoms with van der Waals surface area (Å²) >= 11 is 1.49. The van der Waals surface area contributed by atoms with Crippen LogP contribution in [0.15, 0.2) is 81.8 Å². The zero-order valence-electron chi connectivity index (χ0n) is 16.7. The van der Waals surface area contributed by atoms with Crippen molar-refractivity contribution >= 4 is 23.4 Å². The van der Waals surface area contributed by atoms with Crippen LogP contribution in [0.2, 0.25) is 0 Å². The van der Waals surface area contributed by atoms with Crippen molar-refractivity contribution < 1.29 is 9.18 Å². The zero-order valence-corrected chi connectivity index (χ0v) is 17.6. The molecule has 0 saturated heterocycles. The fourth-order valence-electron chi connectivity index (χ4n) is 2.92. The Morgan fingerprint density at radius 2 is 1.87 bits per heavy atom. The average molecular weight is 435 g/mol. The normalized spacial score (nSPS) is 10.8. The molecule has 0 fully saturated rings. The Balaban J connectivity index is 1.56. The molecule has 0 saturated carbocycles. The van der Waals surface area contributed by atoms with Crippen LogP contribution in [0.25, 0.3) is 5.69 Å². The molecule has 4 rings (SSSR count). The van der Waals surface area contributed by atoms with E-state index < -0.39 is 17.2 Å². The van der Waals surface area contributed by atoms with Gasteiger partial charge in [-0.1, -0.05) is 23.9 Å². The third-order valence-electron chi connectivity index (χ3n) is 4.50. The SMILES string of the molecule is Cc1cc(=O)c(C(=O)Nc2ccc(Sc3nccn3C)cc2)nn1-c1ccccc1F. The summed E-state index contributed by atoms with van der Waals surface area (Å²) in [5, 5.41) is 7.63. The van der Waals surface area contributed by atoms with Gasteiger partial charge in [0.1, 0.15) is 11.5 Å². The summed E-state index contributed by atoms with van der Waals surface area (Å²) < 4.78 is 17.3. The second-order valence-corrected chi connectivity index (χ2v) is 7.80. The Hall–Kier alpha value is -3.72. The first-order valence-electron chi connectivity index (χ1n) is 9.35. The number of benzene rings is 2. The predicted octanol–water partition coefficient (Wildman–Crippen LogP) is 3.82. The molecule has 2 heterocycles. The highest BCUT2D eigenvalue weighted by molar-refractivity contribution is 7.99. The van der Waals surface area contributed by atoms with Crippen LogP contribution in [0.5, 0.6) is 0 Å². The highest BCUT2D eigenvalue weighted by Gasteiger charge is 2.17. The molecule has 1 N–H and O–H groups in total. The van der Waals surface area contributed by atoms with Crippen LogP contribution < -0.4 is 10.7 Å². The number of nitrogens with one attached hydrogen (secondary N) is 1. The maximum Gasteiger partial charge on any atom is 0.280 e. The summed E-state index contributed by atoms with van der Waals surface area (Å²) in [7, 11) is 1.91. The Kier molecular flexibility index (Phi) is 5.68. The van der Waals surface area contributed by atoms with Gasteiger partial charge in [-0.15, -0.1) is 0 Å². The van der Waals surface area contributed by atoms with Crippen molar-refractivity contribution in [2.75, 3.05) is 5.32 Å². The highest BCUT2D eigenvalue weighted by atomic mass is 32.2. The minimum atomic E-state index is -0.667. The molecule has 0 spiro atoms. The van der Waals surface area contributed by atoms with E-state index in [0.29, 0.717) is 11.4 Å². The van der Waals surface area contributed by atoms with Gasteiger partial charge in [0.2, 0.25) is 5.43 Å². The lowest BCUT2D eigenvalue weighted by atomic mass is 10.2. The Bertz CT molecular complexity index is 1310. The molecule has 9 heteroatoms. The van der Waals surface area contributed by atoms with Crippen LogP contribution in [0, 0.1) is 12.7 Å². The number of aryl methyl sites for hydroxylation is 2. The number of hydrogen-bond acceptors (Lipinski definition) is 5. The molecule has 4 aromatic rings. The molecule has 0 radical (unpaired) electrons. The highest BCUT2D eigenvalue weighted by Crippen LogP contribution is 2.26. The van der Waals surface area contributed by atoms with E-state index in [2.05, 4.69) is 15.4 Å². The lowest BCUT2D eigenvalue weighted by Crippen LogP contribution is -2.27. The van der Waals surface area contributed by atoms with Gasteiger partial charge in [-0.25, -0.2) is 14.1 Å². The number of anilines is 1. The first-order chi connectivity index (χ1) is 14.9. The van der Waals surface area contributed by atoms with E-state index >= 15 is 0 Å². The molecule has 2 aromatic carbocycles. The number of halogens is 1. The monoisotopic (exact) mass is 435 g/mol. The van der Waals surface area contributed by atoms with E-state index in [1.54, 1.807) is 37.4 Å². The quantitative estimate of drug-likeness (QED) is 0.515. The molecular weight excluding hydrogens is 417 g/mol. The van der Waals surface area contributed by atoms with Crippen LogP contribution in [0.1, 0.15) is 16.2 Å². The predicted molar refractivity (Wildman–Crippen MR) is 116 cm³/mol. The Labute approximate surface area is 181 Å². The number of carbonyl (C=O) groups excluding carboxylic acids is 1. The summed E-state index contributed by atoms with van der Waals surface area (Å²) in [5.41, 5.74) is 0.227. The van der Waals surface area contributed by atoms with E-state index in [1.165, 1.54) is 34.6 Å². The molecular formula is C22H18FN5O2S. The van der Waals surface area contributed by atoms with E-state index in [1.807, 2.05) is 29.9 Å². The molecule has 156 valence electrons. The van der Waals surface area contributed by atoms with Gasteiger partial charge in [0.15, 0.2) is 10.9 Å². The van der Waals surface area contributed by atoms with E-state index in [9.17, 15) is 14.0 Å². The summed E-state index contributed by atoms with van der Waals surface area (Å²) in [6.45, 7) is 1.63. The molecule has 0 unspecified atom stereocenters. The molecule has 7 nitrogen and oxygen atoms in total. The fourth-order valence-corrected chi connectivity index (χ4v) is 3.73. The Morgan fingerprint density at radius 1 is 1.13 bits per heavy atom. The van der Waals surface area contributed by atoms with Crippen LogP contribution in [-0.4, -0.2) is 25.2 Å². The van der Waals surface area contributed by atoms with Gasteiger partial charge in [-0.3, -0.25) is 9.59 Å². The first kappa shape index (κ1) is 20.5. The average Bonchev–Trinajstić information content (AvgIpc) is 3.14. The van der Waals surface area contributed by atoms with Crippen LogP contribution in [-0.2, 0) is 7.05 Å². The van der Waals surface area contributed by atoms with Crippen molar-refractivity contribution in [3.05, 3.63) is 94.4 Å². The van der Waals surface area contributed by atoms with Crippen molar-refractivity contribution in [3.8, 4) is 5.69 Å². The number of carbonyl (C=O) groups is 1. The van der Waals surface area contributed by atoms with Crippen molar-refractivity contribution in [3.63, 3.8) is 0 Å². The number of nitrogens with zero attached hydrogens (tertiary/aromatic N) is 4. The standard InChI is InChI=1S/C22H18FN5O2S/c1-14-13-19(29)20(26-28(14)18-6-4-3-5-17(18)23)21(30)25-15-7-9-16(10-8-15)31-22-24-11-12-27(22)2/h3-13H,1-2H3,(H,25,30). The molecule has 31 heavy (non-hydrogen) atoms. The minimum absolute atomic E-state index is 0.157. The third kappa shape index (κ3) is 4.41. The smallest absolute Gasteiger partial charge is 0.280 e. The molecule has 1 amide bonds. The largest absolute Gasteiger partial charge is 0.329 e. The van der Waals surface area contributed by atoms with Gasteiger partial charge in [0.25, 0.3) is 5.91 Å². The molecule has 0 aliphatic heterocycles. The van der Waals surface area contributed by atoms with E-state index in [4.69, 9.17) is 0 Å². The van der Waals surface area contributed by atoms with Gasteiger partial charge in [0, 0.05) is 41.8 Å². The van der Waals surface area contributed by atoms with Crippen LogP contribution >= 0.6 is 11.8 Å². The lowest BCUT2D eigenvalue weighted by molar-refractivity contribution is 0.101. The topological polar surface area (TPSA) is 81.8 Å². The number of aromatic nitrogens is 4. The van der Waals surface area contributed by atoms with Gasteiger partial charge < -0.3 is 9.88 Å². The zero-order chi connectivity index (χ0) is 22.0. The maximum absolute atomic E-state index is 14.2. The first-order valence-corrected chi connectivity index (χ1v) is 10.2. The minimum Gasteiger partial charge on any atom is -0.329 e. The molecule has 0 aliphatic carbocycles. The van der Waals surface area contributed by atoms with Gasteiger partial charge in [-0.05, 0) is 43.3 Å². The van der Waals surface area contributed by atoms with Crippen molar-refractivity contribution in [1.82, 2.24) is 19.3 Å². The molecule has 0 aliphatic rings. The summed E-state index contributed by atoms with van der Waals surface area (Å²) in [5.74, 6) is -1.17. The van der Waals surface area contributed by atoms with Crippen LogP contribution in [0.4, 0.5) is 10.1 Å². The van der Waals surface area contributed by atoms with Crippen molar-refractivity contribution in [1.29, 1.82) is 0 Å². The van der Waals surface area contributed by atoms with Gasteiger partial charge in [-0.2, -0.15) is 5.10 Å². The summed E-state index contributed by atoms with van der Waals surface area (Å²) in [6, 6.07) is 14.4. The second-order valence-electron chi connectivity index (χ2n) is 6.76. The van der Waals surface area contributed by atoms with Crippen molar-refractivity contribution in [2.45, 2.75) is 17.0 Å². The maximum atomic E-state index is 14.2. The summed E-state index contributed by atoms with van der Waals surface area (Å²) in [4.78, 5) is 30.3. The Morgan fingerprint density at radius 3 is 2.55 bits per heavy atom. The number of para-hydroxylation sites is 1. The van der Waals surface area contributed by atoms with E-state index in [-0.39, 0.29) is 11.4 Å². The summed E-state index contributed by atoms with van der Waals surface area (Å²) in [6.07, 6.45) is 3.58. The number of hydrogen-bond donors (Lipinski definition) is 1. The fraction of sp³-hybridized carbons (Fsp3) is 0.0909. The third-order valence-corrected chi connectivity index (χ3v) is 5.59. The van der Waals surface area contributed by atoms with Crippen LogP contribution in [0.3, 0.4) is 0 Å². The number of rotatable bonds is 5. The molecule has 2 aromatic heterocycles. The van der Waals surface area contributed by atoms with Crippen molar-refractivity contribution in [2.24, 2.45) is 7.05 Å².